The predicted octanol–water partition coefficient (Wildman–Crippen LogP) is 3.61. The molecule has 0 spiro atoms. The lowest BCUT2D eigenvalue weighted by Gasteiger charge is -2.31. The summed E-state index contributed by atoms with van der Waals surface area (Å²) in [7, 11) is -4.01. The molecule has 5 aliphatic rings. The number of nitrogens with one attached hydrogen (secondary N) is 3. The molecule has 292 valence electrons. The van der Waals surface area contributed by atoms with Gasteiger partial charge in [0.05, 0.1) is 18.3 Å². The minimum absolute atomic E-state index is 0.0507. The van der Waals surface area contributed by atoms with E-state index in [1.165, 1.54) is 17.0 Å². The summed E-state index contributed by atoms with van der Waals surface area (Å²) in [6.07, 6.45) is -3.69. The second-order valence-electron chi connectivity index (χ2n) is 15.9. The maximum absolute atomic E-state index is 15.2. The molecule has 2 aliphatic carbocycles. The van der Waals surface area contributed by atoms with Gasteiger partial charge in [0.15, 0.2) is 0 Å². The van der Waals surface area contributed by atoms with Crippen molar-refractivity contribution in [2.75, 3.05) is 6.54 Å². The van der Waals surface area contributed by atoms with Gasteiger partial charge in [0.25, 0.3) is 5.91 Å². The molecular weight excluding hydrogens is 723 g/mol. The Bertz CT molecular complexity index is 1770. The third-order valence-corrected chi connectivity index (χ3v) is 12.3. The van der Waals surface area contributed by atoms with E-state index >= 15 is 8.78 Å². The molecule has 5 amide bonds. The van der Waals surface area contributed by atoms with Crippen LogP contribution in [-0.4, -0.2) is 95.2 Å². The van der Waals surface area contributed by atoms with Gasteiger partial charge in [-0.2, -0.15) is 0 Å². The molecule has 18 heteroatoms. The molecule has 1 aromatic carbocycles. The number of halogens is 3. The summed E-state index contributed by atoms with van der Waals surface area (Å²) in [5, 5.41) is 4.35. The van der Waals surface area contributed by atoms with E-state index < -0.39 is 111 Å². The Hall–Kier alpha value is -4.09. The van der Waals surface area contributed by atoms with Gasteiger partial charge < -0.3 is 25.0 Å². The van der Waals surface area contributed by atoms with E-state index in [1.54, 1.807) is 26.8 Å². The van der Waals surface area contributed by atoms with Gasteiger partial charge in [-0.15, -0.1) is 0 Å². The molecule has 5 atom stereocenters. The number of amides is 5. The first-order valence-electron chi connectivity index (χ1n) is 18.0. The van der Waals surface area contributed by atoms with Crippen molar-refractivity contribution >= 4 is 39.9 Å². The zero-order valence-corrected chi connectivity index (χ0v) is 30.7. The van der Waals surface area contributed by atoms with E-state index in [9.17, 15) is 36.8 Å². The minimum atomic E-state index is -4.01. The van der Waals surface area contributed by atoms with Crippen molar-refractivity contribution in [3.8, 4) is 0 Å². The summed E-state index contributed by atoms with van der Waals surface area (Å²) < 4.78 is 83.4. The van der Waals surface area contributed by atoms with Crippen LogP contribution in [0.3, 0.4) is 0 Å². The summed E-state index contributed by atoms with van der Waals surface area (Å²) in [5.41, 5.74) is -1.75. The fraction of sp³-hybridized carbons (Fsp3) is 0.686. The molecule has 0 radical (unpaired) electrons. The Morgan fingerprint density at radius 2 is 1.75 bits per heavy atom. The molecule has 1 aromatic rings. The van der Waals surface area contributed by atoms with E-state index in [2.05, 4.69) is 15.4 Å². The average molecular weight is 770 g/mol. The first-order valence-corrected chi connectivity index (χ1v) is 19.6. The number of hydrogen-bond acceptors (Lipinski definition) is 9. The van der Waals surface area contributed by atoms with Crippen LogP contribution in [0.1, 0.15) is 96.1 Å². The quantitative estimate of drug-likeness (QED) is 0.403. The lowest BCUT2D eigenvalue weighted by atomic mass is 10.00. The van der Waals surface area contributed by atoms with Gasteiger partial charge in [-0.3, -0.25) is 24.0 Å². The van der Waals surface area contributed by atoms with Crippen molar-refractivity contribution in [3.05, 3.63) is 35.1 Å². The van der Waals surface area contributed by atoms with E-state index in [4.69, 9.17) is 9.47 Å². The number of benzene rings is 1. The van der Waals surface area contributed by atoms with Crippen molar-refractivity contribution in [2.45, 2.75) is 139 Å². The highest BCUT2D eigenvalue weighted by atomic mass is 32.2. The molecule has 3 N–H and O–H groups in total. The number of rotatable bonds is 5. The smallest absolute Gasteiger partial charge is 0.410 e. The van der Waals surface area contributed by atoms with Crippen molar-refractivity contribution in [3.63, 3.8) is 0 Å². The van der Waals surface area contributed by atoms with Crippen molar-refractivity contribution in [1.82, 2.24) is 25.2 Å². The Kier molecular flexibility index (Phi) is 10.4. The number of nitrogens with zero attached hydrogens (tertiary/aromatic N) is 2. The minimum Gasteiger partial charge on any atom is -0.444 e. The number of fused-ring (bicyclic) bond motifs is 3. The largest absolute Gasteiger partial charge is 0.444 e. The van der Waals surface area contributed by atoms with Crippen LogP contribution in [0.25, 0.3) is 0 Å². The maximum atomic E-state index is 15.2. The SMILES string of the molecule is CC(C)(C)OC(=O)N[C@H]1CCC(F)(F)CCCC[C@@H]2C[C@@]2(C(=O)NS(=O)(=O)C2CC2)NC(=O)[C@@H]2C[C@@H](OC(=O)N3Cc4cccc(F)c4C3)CN2C1=O. The van der Waals surface area contributed by atoms with Gasteiger partial charge in [-0.25, -0.2) is 31.2 Å². The zero-order chi connectivity index (χ0) is 38.5. The van der Waals surface area contributed by atoms with Gasteiger partial charge in [0, 0.05) is 31.4 Å². The van der Waals surface area contributed by atoms with Crippen LogP contribution < -0.4 is 15.4 Å². The molecule has 3 heterocycles. The summed E-state index contributed by atoms with van der Waals surface area (Å²) in [4.78, 5) is 70.5. The average Bonchev–Trinajstić information content (AvgIpc) is 3.94. The number of alkyl carbamates (subject to hydrolysis) is 1. The molecular formula is C35H46F3N5O9S. The Labute approximate surface area is 305 Å². The number of carbonyl (C=O) groups excluding carboxylic acids is 5. The zero-order valence-electron chi connectivity index (χ0n) is 29.9. The molecule has 2 saturated heterocycles. The third-order valence-electron chi connectivity index (χ3n) is 10.5. The Morgan fingerprint density at radius 1 is 1.02 bits per heavy atom. The van der Waals surface area contributed by atoms with Crippen LogP contribution in [-0.2, 0) is 47.0 Å². The highest BCUT2D eigenvalue weighted by molar-refractivity contribution is 7.91. The van der Waals surface area contributed by atoms with E-state index in [0.717, 1.165) is 4.90 Å². The fourth-order valence-electron chi connectivity index (χ4n) is 7.42. The first-order chi connectivity index (χ1) is 24.8. The van der Waals surface area contributed by atoms with Crippen LogP contribution in [0.2, 0.25) is 0 Å². The predicted molar refractivity (Wildman–Crippen MR) is 181 cm³/mol. The van der Waals surface area contributed by atoms with E-state index in [-0.39, 0.29) is 51.7 Å². The molecule has 53 heavy (non-hydrogen) atoms. The molecule has 0 aromatic heterocycles. The van der Waals surface area contributed by atoms with Gasteiger partial charge in [-0.05, 0) is 76.8 Å². The molecule has 0 bridgehead atoms. The van der Waals surface area contributed by atoms with Gasteiger partial charge in [0.1, 0.15) is 35.1 Å². The lowest BCUT2D eigenvalue weighted by molar-refractivity contribution is -0.141. The summed E-state index contributed by atoms with van der Waals surface area (Å²) in [6.45, 7) is 4.36. The topological polar surface area (TPSA) is 181 Å². The van der Waals surface area contributed by atoms with Gasteiger partial charge >= 0.3 is 12.2 Å². The van der Waals surface area contributed by atoms with E-state index in [0.29, 0.717) is 24.0 Å². The monoisotopic (exact) mass is 769 g/mol. The molecule has 0 unspecified atom stereocenters. The second-order valence-corrected chi connectivity index (χ2v) is 17.8. The standard InChI is InChI=1S/C35H46F3N5O9S/c1-33(2,3)52-31(47)39-26-12-14-34(37,38)13-5-4-8-21-16-35(21,30(46)41-53(49,50)23-10-11-23)40-28(44)27-15-22(18-43(27)29(26)45)51-32(48)42-17-20-7-6-9-25(36)24(20)19-42/h6-7,9,21-23,26-27H,4-5,8,10-19H2,1-3H3,(H,39,47)(H,40,44)(H,41,46)/t21-,22-,26+,27+,35-/m1/s1. The van der Waals surface area contributed by atoms with Crippen molar-refractivity contribution < 1.29 is 55.0 Å². The maximum Gasteiger partial charge on any atom is 0.410 e. The lowest BCUT2D eigenvalue weighted by Crippen LogP contribution is -2.58. The molecule has 3 aliphatic heterocycles. The van der Waals surface area contributed by atoms with E-state index in [1.807, 2.05) is 0 Å². The normalized spacial score (nSPS) is 29.0. The van der Waals surface area contributed by atoms with Crippen LogP contribution in [0, 0.1) is 11.7 Å². The number of carbonyl (C=O) groups is 5. The summed E-state index contributed by atoms with van der Waals surface area (Å²) in [5.74, 6) is -6.97. The summed E-state index contributed by atoms with van der Waals surface area (Å²) in [6, 6.07) is 1.49. The van der Waals surface area contributed by atoms with Crippen molar-refractivity contribution in [2.24, 2.45) is 5.92 Å². The Morgan fingerprint density at radius 3 is 2.43 bits per heavy atom. The number of hydrogen-bond donors (Lipinski definition) is 3. The van der Waals surface area contributed by atoms with Crippen LogP contribution >= 0.6 is 0 Å². The second kappa shape index (κ2) is 14.3. The van der Waals surface area contributed by atoms with Crippen LogP contribution in [0.4, 0.5) is 22.8 Å². The number of alkyl halides is 2. The molecule has 14 nitrogen and oxygen atoms in total. The van der Waals surface area contributed by atoms with Crippen molar-refractivity contribution in [1.29, 1.82) is 0 Å². The molecule has 4 fully saturated rings. The highest BCUT2D eigenvalue weighted by Gasteiger charge is 2.62. The van der Waals surface area contributed by atoms with Crippen LogP contribution in [0.15, 0.2) is 18.2 Å². The van der Waals surface area contributed by atoms with Crippen LogP contribution in [0.5, 0.6) is 0 Å². The fourth-order valence-corrected chi connectivity index (χ4v) is 8.78. The Balaban J connectivity index is 1.27. The van der Waals surface area contributed by atoms with Gasteiger partial charge in [0.2, 0.25) is 27.8 Å². The first kappa shape index (κ1) is 38.6. The number of ether oxygens (including phenoxy) is 2. The molecule has 6 rings (SSSR count). The third kappa shape index (κ3) is 8.83. The number of sulfonamides is 1. The highest BCUT2D eigenvalue weighted by Crippen LogP contribution is 2.48. The van der Waals surface area contributed by atoms with Gasteiger partial charge in [-0.1, -0.05) is 18.6 Å². The summed E-state index contributed by atoms with van der Waals surface area (Å²) >= 11 is 0. The molecule has 2 saturated carbocycles.